The van der Waals surface area contributed by atoms with Gasteiger partial charge in [-0.25, -0.2) is 0 Å². The zero-order valence-electron chi connectivity index (χ0n) is 26.3. The number of carbonyl (C=O) groups is 1. The summed E-state index contributed by atoms with van der Waals surface area (Å²) in [5.74, 6) is 0.0725. The summed E-state index contributed by atoms with van der Waals surface area (Å²) >= 11 is 0. The average molecular weight is 650 g/mol. The van der Waals surface area contributed by atoms with E-state index >= 15 is 0 Å². The van der Waals surface area contributed by atoms with Gasteiger partial charge in [0.15, 0.2) is 5.82 Å². The average Bonchev–Trinajstić information content (AvgIpc) is 3.40. The first-order valence-electron chi connectivity index (χ1n) is 16.1. The summed E-state index contributed by atoms with van der Waals surface area (Å²) in [6.45, 7) is 2.22. The third kappa shape index (κ3) is 7.72. The van der Waals surface area contributed by atoms with Crippen LogP contribution >= 0.6 is 0 Å². The molecule has 2 aliphatic carbocycles. The predicted octanol–water partition coefficient (Wildman–Crippen LogP) is 9.25. The number of carboxylic acids is 1. The van der Waals surface area contributed by atoms with Gasteiger partial charge in [0.25, 0.3) is 0 Å². The second-order valence-corrected chi connectivity index (χ2v) is 13.2. The number of halogens is 6. The molecule has 0 amide bonds. The second-order valence-electron chi connectivity index (χ2n) is 13.2. The smallest absolute Gasteiger partial charge is 0.416 e. The number of benzene rings is 2. The van der Waals surface area contributed by atoms with Gasteiger partial charge < -0.3 is 10.0 Å². The van der Waals surface area contributed by atoms with Crippen molar-refractivity contribution in [3.63, 3.8) is 0 Å². The summed E-state index contributed by atoms with van der Waals surface area (Å²) in [4.78, 5) is 12.9. The first-order chi connectivity index (χ1) is 21.7. The minimum absolute atomic E-state index is 0.0993. The van der Waals surface area contributed by atoms with Crippen LogP contribution in [0.25, 0.3) is 0 Å². The maximum absolute atomic E-state index is 13.7. The molecule has 11 heteroatoms. The van der Waals surface area contributed by atoms with Crippen LogP contribution in [0.4, 0.5) is 32.2 Å². The Morgan fingerprint density at radius 2 is 1.61 bits per heavy atom. The number of fused-ring (bicyclic) bond motifs is 1. The van der Waals surface area contributed by atoms with Gasteiger partial charge in [-0.15, -0.1) is 0 Å². The molecule has 0 radical (unpaired) electrons. The standard InChI is InChI=1S/C35H41F6N3O2/c1-3-12-33(19-23(20-33)7-6-10-32(45)46)30-17-26-9-5-4-8-25(26)16-27(30)22-44(31-11-13-43(2)42-31)21-24-14-28(34(36,37)38)18-29(15-24)35(39,40)41/h11,13-18,23H,3-10,12,19-22H2,1-2H3,(H,45,46). The van der Waals surface area contributed by atoms with Crippen molar-refractivity contribution in [2.45, 2.75) is 108 Å². The molecule has 0 unspecified atom stereocenters. The summed E-state index contributed by atoms with van der Waals surface area (Å²) in [6, 6.07) is 8.00. The number of carboxylic acid groups (broad SMARTS) is 1. The summed E-state index contributed by atoms with van der Waals surface area (Å²) in [7, 11) is 1.72. The highest BCUT2D eigenvalue weighted by Crippen LogP contribution is 2.54. The van der Waals surface area contributed by atoms with Crippen molar-refractivity contribution in [1.82, 2.24) is 9.78 Å². The Labute approximate surface area is 265 Å². The highest BCUT2D eigenvalue weighted by Gasteiger charge is 2.46. The lowest BCUT2D eigenvalue weighted by atomic mass is 9.54. The third-order valence-corrected chi connectivity index (χ3v) is 9.64. The Morgan fingerprint density at radius 1 is 0.978 bits per heavy atom. The van der Waals surface area contributed by atoms with E-state index in [4.69, 9.17) is 5.11 Å². The van der Waals surface area contributed by atoms with Crippen LogP contribution in [0.2, 0.25) is 0 Å². The molecule has 2 aromatic carbocycles. The van der Waals surface area contributed by atoms with Gasteiger partial charge >= 0.3 is 18.3 Å². The first-order valence-corrected chi connectivity index (χ1v) is 16.1. The number of rotatable bonds is 12. The van der Waals surface area contributed by atoms with Gasteiger partial charge in [0.2, 0.25) is 0 Å². The molecule has 0 saturated heterocycles. The van der Waals surface area contributed by atoms with E-state index in [1.54, 1.807) is 28.9 Å². The Balaban J connectivity index is 1.54. The lowest BCUT2D eigenvalue weighted by Gasteiger charge is -2.50. The van der Waals surface area contributed by atoms with E-state index in [1.165, 1.54) is 16.7 Å². The second kappa shape index (κ2) is 13.3. The number of aliphatic carboxylic acids is 1. The molecule has 1 saturated carbocycles. The molecular formula is C35H41F6N3O2. The van der Waals surface area contributed by atoms with Crippen molar-refractivity contribution in [2.75, 3.05) is 4.90 Å². The molecule has 0 aliphatic heterocycles. The Morgan fingerprint density at radius 3 is 2.15 bits per heavy atom. The van der Waals surface area contributed by atoms with Crippen molar-refractivity contribution < 1.29 is 36.2 Å². The maximum Gasteiger partial charge on any atom is 0.416 e. The number of anilines is 1. The first kappa shape index (κ1) is 33.9. The third-order valence-electron chi connectivity index (χ3n) is 9.64. The van der Waals surface area contributed by atoms with E-state index in [-0.39, 0.29) is 36.6 Å². The molecule has 0 atom stereocenters. The molecule has 46 heavy (non-hydrogen) atoms. The predicted molar refractivity (Wildman–Crippen MR) is 163 cm³/mol. The fourth-order valence-corrected chi connectivity index (χ4v) is 7.62. The maximum atomic E-state index is 13.7. The van der Waals surface area contributed by atoms with Crippen molar-refractivity contribution in [1.29, 1.82) is 0 Å². The zero-order chi connectivity index (χ0) is 33.3. The molecule has 0 bridgehead atoms. The number of aryl methyl sites for hydroxylation is 3. The van der Waals surface area contributed by atoms with Gasteiger partial charge in [-0.05, 0) is 115 Å². The topological polar surface area (TPSA) is 58.4 Å². The van der Waals surface area contributed by atoms with Crippen LogP contribution in [0.3, 0.4) is 0 Å². The Kier molecular flexibility index (Phi) is 9.80. The quantitative estimate of drug-likeness (QED) is 0.199. The molecule has 3 aromatic rings. The monoisotopic (exact) mass is 649 g/mol. The molecule has 1 N–H and O–H groups in total. The summed E-state index contributed by atoms with van der Waals surface area (Å²) in [5.41, 5.74) is 1.89. The molecule has 2 aliphatic rings. The van der Waals surface area contributed by atoms with Gasteiger partial charge in [-0.2, -0.15) is 31.4 Å². The van der Waals surface area contributed by atoms with E-state index in [9.17, 15) is 31.1 Å². The number of hydrogen-bond donors (Lipinski definition) is 1. The highest BCUT2D eigenvalue weighted by atomic mass is 19.4. The van der Waals surface area contributed by atoms with Crippen LogP contribution in [-0.4, -0.2) is 20.9 Å². The van der Waals surface area contributed by atoms with Gasteiger partial charge in [0, 0.05) is 38.8 Å². The van der Waals surface area contributed by atoms with Crippen LogP contribution in [0.1, 0.15) is 104 Å². The molecule has 1 fully saturated rings. The van der Waals surface area contributed by atoms with E-state index < -0.39 is 29.4 Å². The molecular weight excluding hydrogens is 608 g/mol. The fraction of sp³-hybridized carbons (Fsp3) is 0.543. The number of hydrogen-bond acceptors (Lipinski definition) is 3. The lowest BCUT2D eigenvalue weighted by Crippen LogP contribution is -2.42. The number of nitrogens with zero attached hydrogens (tertiary/aromatic N) is 3. The molecule has 1 heterocycles. The minimum atomic E-state index is -4.94. The van der Waals surface area contributed by atoms with Crippen LogP contribution < -0.4 is 4.90 Å². The van der Waals surface area contributed by atoms with Crippen molar-refractivity contribution in [2.24, 2.45) is 13.0 Å². The van der Waals surface area contributed by atoms with E-state index in [1.807, 2.05) is 0 Å². The molecule has 250 valence electrons. The number of aromatic nitrogens is 2. The van der Waals surface area contributed by atoms with Crippen LogP contribution in [0.15, 0.2) is 42.6 Å². The fourth-order valence-electron chi connectivity index (χ4n) is 7.62. The molecule has 5 nitrogen and oxygen atoms in total. The summed E-state index contributed by atoms with van der Waals surface area (Å²) < 4.78 is 84.0. The van der Waals surface area contributed by atoms with Crippen molar-refractivity contribution in [3.8, 4) is 0 Å². The lowest BCUT2D eigenvalue weighted by molar-refractivity contribution is -0.143. The summed E-state index contributed by atoms with van der Waals surface area (Å²) in [6.07, 6.45) is 1.26. The van der Waals surface area contributed by atoms with E-state index in [2.05, 4.69) is 24.2 Å². The van der Waals surface area contributed by atoms with Crippen LogP contribution in [0, 0.1) is 5.92 Å². The van der Waals surface area contributed by atoms with Crippen LogP contribution in [-0.2, 0) is 55.5 Å². The number of alkyl halides is 6. The van der Waals surface area contributed by atoms with E-state index in [0.29, 0.717) is 18.2 Å². The van der Waals surface area contributed by atoms with Gasteiger partial charge in [0.05, 0.1) is 11.1 Å². The normalized spacial score (nSPS) is 19.9. The van der Waals surface area contributed by atoms with Crippen molar-refractivity contribution in [3.05, 3.63) is 81.5 Å². The molecule has 0 spiro atoms. The Hall–Kier alpha value is -3.50. The Bertz CT molecular complexity index is 1510. The van der Waals surface area contributed by atoms with Gasteiger partial charge in [0.1, 0.15) is 0 Å². The van der Waals surface area contributed by atoms with Crippen molar-refractivity contribution >= 4 is 11.8 Å². The van der Waals surface area contributed by atoms with Gasteiger partial charge in [-0.1, -0.05) is 25.5 Å². The largest absolute Gasteiger partial charge is 0.481 e. The minimum Gasteiger partial charge on any atom is -0.481 e. The SMILES string of the molecule is CCCC1(c2cc3c(cc2CN(Cc2cc(C(F)(F)F)cc(C(F)(F)F)c2)c2ccn(C)n2)CCCC3)CC(CCCC(=O)O)C1. The highest BCUT2D eigenvalue weighted by molar-refractivity contribution is 5.66. The molecule has 1 aromatic heterocycles. The van der Waals surface area contributed by atoms with Crippen LogP contribution in [0.5, 0.6) is 0 Å². The van der Waals surface area contributed by atoms with Gasteiger partial charge in [-0.3, -0.25) is 9.48 Å². The summed E-state index contributed by atoms with van der Waals surface area (Å²) in [5, 5.41) is 13.6. The van der Waals surface area contributed by atoms with E-state index in [0.717, 1.165) is 75.5 Å². The zero-order valence-corrected chi connectivity index (χ0v) is 26.3. The molecule has 5 rings (SSSR count).